The molecular weight excluding hydrogens is 528 g/mol. The normalized spacial score (nSPS) is 16.4. The van der Waals surface area contributed by atoms with Crippen molar-refractivity contribution >= 4 is 28.9 Å². The van der Waals surface area contributed by atoms with Crippen LogP contribution >= 0.6 is 0 Å². The number of carboxylic acid groups (broad SMARTS) is 1. The smallest absolute Gasteiger partial charge is 0.328 e. The number of carbonyl (C=O) groups excluding carboxylic acids is 1. The van der Waals surface area contributed by atoms with Crippen LogP contribution in [0.25, 0.3) is 39.6 Å². The number of fused-ring (bicyclic) bond motifs is 1. The third-order valence-corrected chi connectivity index (χ3v) is 8.40. The van der Waals surface area contributed by atoms with Crippen LogP contribution in [0.3, 0.4) is 0 Å². The molecule has 3 aromatic heterocycles. The first-order valence-electron chi connectivity index (χ1n) is 14.8. The molecular formula is C34H36N4O4. The number of hydrogen-bond acceptors (Lipinski definition) is 5. The fraction of sp³-hybridized carbons (Fsp3) is 0.353. The van der Waals surface area contributed by atoms with Crippen LogP contribution in [0.2, 0.25) is 0 Å². The molecule has 4 heterocycles. The fourth-order valence-corrected chi connectivity index (χ4v) is 6.24. The SMILES string of the molecule is Cc1ccnc(-c2ccc3cc(-c4c(C5CCCCC5)cc(/C=C/C(=O)O)n4CC(=O)N4CCOCC4)ccc3n2)c1. The Hall–Kier alpha value is -4.30. The van der Waals surface area contributed by atoms with Gasteiger partial charge in [0.25, 0.3) is 0 Å². The first-order chi connectivity index (χ1) is 20.5. The van der Waals surface area contributed by atoms with Gasteiger partial charge in [0.1, 0.15) is 6.54 Å². The Kier molecular flexibility index (Phi) is 8.15. The maximum absolute atomic E-state index is 13.5. The van der Waals surface area contributed by atoms with Gasteiger partial charge in [-0.3, -0.25) is 9.78 Å². The summed E-state index contributed by atoms with van der Waals surface area (Å²) < 4.78 is 7.48. The number of ether oxygens (including phenoxy) is 1. The van der Waals surface area contributed by atoms with Crippen molar-refractivity contribution in [2.45, 2.75) is 51.5 Å². The van der Waals surface area contributed by atoms with Crippen molar-refractivity contribution in [2.75, 3.05) is 26.3 Å². The summed E-state index contributed by atoms with van der Waals surface area (Å²) in [5.41, 5.74) is 7.56. The molecule has 4 aromatic rings. The molecule has 1 aliphatic heterocycles. The Labute approximate surface area is 245 Å². The Balaban J connectivity index is 1.46. The molecule has 1 aromatic carbocycles. The summed E-state index contributed by atoms with van der Waals surface area (Å²) in [5.74, 6) is -0.652. The zero-order valence-corrected chi connectivity index (χ0v) is 24.0. The number of benzene rings is 1. The minimum absolute atomic E-state index is 0.00747. The number of hydrogen-bond donors (Lipinski definition) is 1. The molecule has 1 aliphatic carbocycles. The van der Waals surface area contributed by atoms with Crippen molar-refractivity contribution < 1.29 is 19.4 Å². The highest BCUT2D eigenvalue weighted by Crippen LogP contribution is 2.41. The number of rotatable bonds is 7. The summed E-state index contributed by atoms with van der Waals surface area (Å²) >= 11 is 0. The molecule has 6 rings (SSSR count). The average Bonchev–Trinajstić information content (AvgIpc) is 3.38. The number of aliphatic carboxylic acids is 1. The standard InChI is InChI=1S/C34H36N4O4/c1-23-13-14-35-31(19-23)30-11-7-25-20-26(8-10-29(25)36-30)34-28(24-5-3-2-4-6-24)21-27(9-12-33(40)41)38(34)22-32(39)37-15-17-42-18-16-37/h7-14,19-21,24H,2-6,15-18,22H2,1H3,(H,40,41)/b12-9+. The number of pyridine rings is 2. The lowest BCUT2D eigenvalue weighted by Crippen LogP contribution is -2.42. The Morgan fingerprint density at radius 1 is 1.00 bits per heavy atom. The van der Waals surface area contributed by atoms with Crippen molar-refractivity contribution in [2.24, 2.45) is 0 Å². The van der Waals surface area contributed by atoms with Crippen molar-refractivity contribution in [1.82, 2.24) is 19.4 Å². The lowest BCUT2D eigenvalue weighted by atomic mass is 9.83. The van der Waals surface area contributed by atoms with E-state index in [0.29, 0.717) is 32.2 Å². The second kappa shape index (κ2) is 12.3. The highest BCUT2D eigenvalue weighted by molar-refractivity contribution is 5.89. The van der Waals surface area contributed by atoms with E-state index in [1.807, 2.05) is 40.7 Å². The Morgan fingerprint density at radius 3 is 2.57 bits per heavy atom. The first kappa shape index (κ1) is 27.8. The van der Waals surface area contributed by atoms with Gasteiger partial charge in [-0.1, -0.05) is 31.4 Å². The van der Waals surface area contributed by atoms with E-state index in [1.54, 1.807) is 12.3 Å². The summed E-state index contributed by atoms with van der Waals surface area (Å²) in [4.78, 5) is 36.3. The Bertz CT molecular complexity index is 1640. The molecule has 0 spiro atoms. The first-order valence-corrected chi connectivity index (χ1v) is 14.8. The molecule has 2 aliphatic rings. The molecule has 1 saturated heterocycles. The maximum atomic E-state index is 13.5. The quantitative estimate of drug-likeness (QED) is 0.273. The topological polar surface area (TPSA) is 97.5 Å². The largest absolute Gasteiger partial charge is 0.478 e. The summed E-state index contributed by atoms with van der Waals surface area (Å²) in [6.07, 6.45) is 10.3. The van der Waals surface area contributed by atoms with Crippen LogP contribution in [0.5, 0.6) is 0 Å². The van der Waals surface area contributed by atoms with E-state index >= 15 is 0 Å². The van der Waals surface area contributed by atoms with Crippen molar-refractivity contribution in [1.29, 1.82) is 0 Å². The van der Waals surface area contributed by atoms with E-state index in [4.69, 9.17) is 9.72 Å². The van der Waals surface area contributed by atoms with Crippen LogP contribution in [0, 0.1) is 6.92 Å². The number of aromatic nitrogens is 3. The number of nitrogens with zero attached hydrogens (tertiary/aromatic N) is 4. The van der Waals surface area contributed by atoms with Crippen LogP contribution in [-0.2, 0) is 20.9 Å². The number of aryl methyl sites for hydroxylation is 1. The molecule has 8 nitrogen and oxygen atoms in total. The van der Waals surface area contributed by atoms with E-state index in [-0.39, 0.29) is 12.5 Å². The predicted octanol–water partition coefficient (Wildman–Crippen LogP) is 6.08. The van der Waals surface area contributed by atoms with Crippen LogP contribution in [0.1, 0.15) is 54.8 Å². The minimum atomic E-state index is -1.02. The molecule has 0 unspecified atom stereocenters. The van der Waals surface area contributed by atoms with Gasteiger partial charge >= 0.3 is 5.97 Å². The van der Waals surface area contributed by atoms with E-state index < -0.39 is 5.97 Å². The molecule has 1 amide bonds. The Morgan fingerprint density at radius 2 is 1.81 bits per heavy atom. The molecule has 0 radical (unpaired) electrons. The van der Waals surface area contributed by atoms with Crippen molar-refractivity contribution in [3.8, 4) is 22.6 Å². The minimum Gasteiger partial charge on any atom is -0.478 e. The third-order valence-electron chi connectivity index (χ3n) is 8.40. The zero-order chi connectivity index (χ0) is 29.1. The maximum Gasteiger partial charge on any atom is 0.328 e. The second-order valence-electron chi connectivity index (χ2n) is 11.3. The molecule has 216 valence electrons. The van der Waals surface area contributed by atoms with Gasteiger partial charge in [-0.05, 0) is 84.8 Å². The summed E-state index contributed by atoms with van der Waals surface area (Å²) in [6, 6.07) is 16.4. The number of carboxylic acids is 1. The molecule has 1 saturated carbocycles. The van der Waals surface area contributed by atoms with E-state index in [0.717, 1.165) is 63.7 Å². The average molecular weight is 565 g/mol. The lowest BCUT2D eigenvalue weighted by Gasteiger charge is -2.28. The fourth-order valence-electron chi connectivity index (χ4n) is 6.24. The van der Waals surface area contributed by atoms with Gasteiger partial charge in [-0.15, -0.1) is 0 Å². The lowest BCUT2D eigenvalue weighted by molar-refractivity contribution is -0.136. The van der Waals surface area contributed by atoms with Gasteiger partial charge in [0, 0.05) is 36.4 Å². The monoisotopic (exact) mass is 564 g/mol. The van der Waals surface area contributed by atoms with Crippen molar-refractivity contribution in [3.63, 3.8) is 0 Å². The van der Waals surface area contributed by atoms with Crippen LogP contribution in [0.4, 0.5) is 0 Å². The van der Waals surface area contributed by atoms with Crippen LogP contribution < -0.4 is 0 Å². The molecule has 0 bridgehead atoms. The van der Waals surface area contributed by atoms with Gasteiger partial charge < -0.3 is 19.3 Å². The van der Waals surface area contributed by atoms with Crippen molar-refractivity contribution in [3.05, 3.63) is 77.6 Å². The summed E-state index contributed by atoms with van der Waals surface area (Å²) in [5, 5.41) is 10.4. The van der Waals surface area contributed by atoms with Crippen LogP contribution in [0.15, 0.2) is 60.8 Å². The number of amides is 1. The van der Waals surface area contributed by atoms with Gasteiger partial charge in [0.15, 0.2) is 0 Å². The summed E-state index contributed by atoms with van der Waals surface area (Å²) in [6.45, 7) is 4.36. The highest BCUT2D eigenvalue weighted by Gasteiger charge is 2.27. The molecule has 42 heavy (non-hydrogen) atoms. The van der Waals surface area contributed by atoms with Gasteiger partial charge in [0.05, 0.1) is 35.8 Å². The van der Waals surface area contributed by atoms with E-state index in [2.05, 4.69) is 29.2 Å². The zero-order valence-electron chi connectivity index (χ0n) is 24.0. The van der Waals surface area contributed by atoms with Gasteiger partial charge in [-0.2, -0.15) is 0 Å². The molecule has 8 heteroatoms. The van der Waals surface area contributed by atoms with E-state index in [9.17, 15) is 14.7 Å². The third kappa shape index (κ3) is 5.99. The van der Waals surface area contributed by atoms with Gasteiger partial charge in [0.2, 0.25) is 5.91 Å². The molecule has 2 fully saturated rings. The summed E-state index contributed by atoms with van der Waals surface area (Å²) in [7, 11) is 0. The van der Waals surface area contributed by atoms with Gasteiger partial charge in [-0.25, -0.2) is 9.78 Å². The number of morpholine rings is 1. The van der Waals surface area contributed by atoms with Crippen LogP contribution in [-0.4, -0.2) is 62.7 Å². The second-order valence-corrected chi connectivity index (χ2v) is 11.3. The highest BCUT2D eigenvalue weighted by atomic mass is 16.5. The molecule has 1 N–H and O–H groups in total. The number of carbonyl (C=O) groups is 2. The molecule has 0 atom stereocenters. The predicted molar refractivity (Wildman–Crippen MR) is 163 cm³/mol. The van der Waals surface area contributed by atoms with E-state index in [1.165, 1.54) is 24.8 Å².